The van der Waals surface area contributed by atoms with E-state index in [0.29, 0.717) is 28.7 Å². The number of amides is 1. The summed E-state index contributed by atoms with van der Waals surface area (Å²) in [5.74, 6) is -0.241. The van der Waals surface area contributed by atoms with Crippen molar-refractivity contribution in [3.05, 3.63) is 94.5 Å². The van der Waals surface area contributed by atoms with Gasteiger partial charge in [-0.05, 0) is 43.3 Å². The number of carbonyl (C=O) groups is 1. The highest BCUT2D eigenvalue weighted by atomic mass is 19.1. The first kappa shape index (κ1) is 20.9. The maximum absolute atomic E-state index is 13.2. The van der Waals surface area contributed by atoms with E-state index in [0.717, 1.165) is 15.8 Å². The van der Waals surface area contributed by atoms with Gasteiger partial charge in [0.05, 0.1) is 28.7 Å². The van der Waals surface area contributed by atoms with Gasteiger partial charge in [0.1, 0.15) is 17.1 Å². The van der Waals surface area contributed by atoms with Crippen molar-refractivity contribution in [2.75, 3.05) is 5.32 Å². The lowest BCUT2D eigenvalue weighted by Gasteiger charge is -2.09. The van der Waals surface area contributed by atoms with Gasteiger partial charge in [0.2, 0.25) is 5.88 Å². The van der Waals surface area contributed by atoms with Gasteiger partial charge >= 0.3 is 0 Å². The molecule has 5 aromatic rings. The molecule has 0 atom stereocenters. The minimum Gasteiger partial charge on any atom is -0.438 e. The van der Waals surface area contributed by atoms with Crippen LogP contribution < -0.4 is 15.6 Å². The van der Waals surface area contributed by atoms with E-state index in [1.54, 1.807) is 24.4 Å². The molecule has 2 N–H and O–H groups in total. The molecule has 4 heterocycles. The van der Waals surface area contributed by atoms with Gasteiger partial charge in [0.15, 0.2) is 5.65 Å². The Hall–Kier alpha value is -4.93. The number of pyridine rings is 2. The van der Waals surface area contributed by atoms with E-state index in [4.69, 9.17) is 4.74 Å². The van der Waals surface area contributed by atoms with E-state index in [2.05, 4.69) is 30.6 Å². The lowest BCUT2D eigenvalue weighted by Crippen LogP contribution is -2.29. The number of aromatic amines is 1. The van der Waals surface area contributed by atoms with Gasteiger partial charge in [-0.15, -0.1) is 0 Å². The number of carbonyl (C=O) groups excluding carboxylic acids is 1. The smallest absolute Gasteiger partial charge is 0.284 e. The van der Waals surface area contributed by atoms with Crippen molar-refractivity contribution in [3.8, 4) is 17.3 Å². The van der Waals surface area contributed by atoms with Crippen molar-refractivity contribution in [1.29, 1.82) is 0 Å². The number of aryl methyl sites for hydroxylation is 1. The van der Waals surface area contributed by atoms with Crippen LogP contribution in [0.2, 0.25) is 0 Å². The molecule has 0 aliphatic heterocycles. The summed E-state index contributed by atoms with van der Waals surface area (Å²) >= 11 is 0. The first-order valence-electron chi connectivity index (χ1n) is 10.1. The van der Waals surface area contributed by atoms with E-state index in [-0.39, 0.29) is 5.56 Å². The second-order valence-corrected chi connectivity index (χ2v) is 7.22. The third-order valence-electron chi connectivity index (χ3n) is 4.97. The molecular formula is C23H16FN7O3. The zero-order chi connectivity index (χ0) is 23.7. The normalized spacial score (nSPS) is 10.9. The molecule has 5 rings (SSSR count). The molecular weight excluding hydrogens is 441 g/mol. The van der Waals surface area contributed by atoms with Gasteiger partial charge in [0, 0.05) is 24.5 Å². The van der Waals surface area contributed by atoms with Gasteiger partial charge in [-0.1, -0.05) is 0 Å². The summed E-state index contributed by atoms with van der Waals surface area (Å²) in [4.78, 5) is 33.9. The number of halogens is 1. The van der Waals surface area contributed by atoms with Crippen LogP contribution in [0.5, 0.6) is 11.6 Å². The van der Waals surface area contributed by atoms with Crippen molar-refractivity contribution in [2.45, 2.75) is 6.92 Å². The molecule has 0 fully saturated rings. The first-order valence-corrected chi connectivity index (χ1v) is 10.1. The maximum atomic E-state index is 13.2. The molecule has 0 aliphatic rings. The van der Waals surface area contributed by atoms with Crippen LogP contribution in [0.15, 0.2) is 71.9 Å². The Kier molecular flexibility index (Phi) is 5.26. The SMILES string of the molecule is Cc1n[nH]c2nccc(Oc3ccc(NC(=O)c4ccnn(-c5ccc(F)cc5)c4=O)cn3)c12. The molecule has 0 aliphatic carbocycles. The van der Waals surface area contributed by atoms with E-state index in [9.17, 15) is 14.0 Å². The number of fused-ring (bicyclic) bond motifs is 1. The van der Waals surface area contributed by atoms with Crippen molar-refractivity contribution in [1.82, 2.24) is 29.9 Å². The molecule has 34 heavy (non-hydrogen) atoms. The standard InChI is InChI=1S/C23H16FN7O3/c1-13-20-18(9-10-25-21(20)30-29-13)34-19-7-4-15(12-26-19)28-22(32)17-8-11-27-31(23(17)33)16-5-2-14(24)3-6-16/h2-12H,1H3,(H,28,32)(H,25,29,30). The Labute approximate surface area is 191 Å². The Morgan fingerprint density at radius 3 is 2.65 bits per heavy atom. The van der Waals surface area contributed by atoms with Crippen molar-refractivity contribution < 1.29 is 13.9 Å². The summed E-state index contributed by atoms with van der Waals surface area (Å²) in [6, 6.07) is 11.4. The van der Waals surface area contributed by atoms with Gasteiger partial charge in [-0.2, -0.15) is 14.9 Å². The molecule has 0 saturated heterocycles. The summed E-state index contributed by atoms with van der Waals surface area (Å²) in [6.07, 6.45) is 4.33. The zero-order valence-corrected chi connectivity index (χ0v) is 17.7. The summed E-state index contributed by atoms with van der Waals surface area (Å²) < 4.78 is 20.1. The number of rotatable bonds is 5. The third kappa shape index (κ3) is 3.97. The highest BCUT2D eigenvalue weighted by Gasteiger charge is 2.15. The first-order chi connectivity index (χ1) is 16.5. The summed E-state index contributed by atoms with van der Waals surface area (Å²) in [5.41, 5.74) is 1.27. The minimum atomic E-state index is -0.642. The maximum Gasteiger partial charge on any atom is 0.284 e. The van der Waals surface area contributed by atoms with Gasteiger partial charge in [-0.3, -0.25) is 14.7 Å². The molecule has 168 valence electrons. The van der Waals surface area contributed by atoms with Crippen LogP contribution in [0, 0.1) is 12.7 Å². The van der Waals surface area contributed by atoms with E-state index in [1.165, 1.54) is 42.7 Å². The molecule has 0 bridgehead atoms. The number of nitrogens with one attached hydrogen (secondary N) is 2. The van der Waals surface area contributed by atoms with E-state index >= 15 is 0 Å². The summed E-state index contributed by atoms with van der Waals surface area (Å²) in [5, 5.41) is 14.3. The number of hydrogen-bond donors (Lipinski definition) is 2. The number of ether oxygens (including phenoxy) is 1. The van der Waals surface area contributed by atoms with Gasteiger partial charge in [-0.25, -0.2) is 14.4 Å². The molecule has 0 spiro atoms. The molecule has 0 saturated carbocycles. The second-order valence-electron chi connectivity index (χ2n) is 7.22. The Balaban J connectivity index is 1.34. The van der Waals surface area contributed by atoms with Crippen LogP contribution in [-0.4, -0.2) is 35.9 Å². The molecule has 10 nitrogen and oxygen atoms in total. The van der Waals surface area contributed by atoms with E-state index < -0.39 is 17.3 Å². The molecule has 11 heteroatoms. The lowest BCUT2D eigenvalue weighted by atomic mass is 10.2. The highest BCUT2D eigenvalue weighted by molar-refractivity contribution is 6.03. The number of benzene rings is 1. The lowest BCUT2D eigenvalue weighted by molar-refractivity contribution is 0.102. The predicted molar refractivity (Wildman–Crippen MR) is 121 cm³/mol. The summed E-state index contributed by atoms with van der Waals surface area (Å²) in [7, 11) is 0. The van der Waals surface area contributed by atoms with Crippen molar-refractivity contribution >= 4 is 22.6 Å². The van der Waals surface area contributed by atoms with Crippen LogP contribution in [0.4, 0.5) is 10.1 Å². The van der Waals surface area contributed by atoms with Crippen LogP contribution in [-0.2, 0) is 0 Å². The third-order valence-corrected chi connectivity index (χ3v) is 4.97. The Morgan fingerprint density at radius 2 is 1.88 bits per heavy atom. The number of hydrogen-bond acceptors (Lipinski definition) is 7. The topological polar surface area (TPSA) is 128 Å². The fourth-order valence-electron chi connectivity index (χ4n) is 3.33. The highest BCUT2D eigenvalue weighted by Crippen LogP contribution is 2.29. The second kappa shape index (κ2) is 8.54. The average molecular weight is 457 g/mol. The number of aromatic nitrogens is 6. The largest absolute Gasteiger partial charge is 0.438 e. The molecule has 0 radical (unpaired) electrons. The molecule has 4 aromatic heterocycles. The monoisotopic (exact) mass is 457 g/mol. The molecule has 1 amide bonds. The quantitative estimate of drug-likeness (QED) is 0.414. The predicted octanol–water partition coefficient (Wildman–Crippen LogP) is 3.39. The summed E-state index contributed by atoms with van der Waals surface area (Å²) in [6.45, 7) is 1.84. The number of nitrogens with zero attached hydrogens (tertiary/aromatic N) is 5. The van der Waals surface area contributed by atoms with Gasteiger partial charge < -0.3 is 10.1 Å². The van der Waals surface area contributed by atoms with Crippen LogP contribution in [0.1, 0.15) is 16.1 Å². The fourth-order valence-corrected chi connectivity index (χ4v) is 3.33. The minimum absolute atomic E-state index is 0.130. The Morgan fingerprint density at radius 1 is 1.06 bits per heavy atom. The van der Waals surface area contributed by atoms with Crippen LogP contribution >= 0.6 is 0 Å². The van der Waals surface area contributed by atoms with Crippen molar-refractivity contribution in [3.63, 3.8) is 0 Å². The molecule has 0 unspecified atom stereocenters. The molecule has 1 aromatic carbocycles. The van der Waals surface area contributed by atoms with Gasteiger partial charge in [0.25, 0.3) is 11.5 Å². The fraction of sp³-hybridized carbons (Fsp3) is 0.0435. The number of H-pyrrole nitrogens is 1. The Bertz CT molecular complexity index is 1560. The average Bonchev–Trinajstić information content (AvgIpc) is 3.23. The van der Waals surface area contributed by atoms with Crippen molar-refractivity contribution in [2.24, 2.45) is 0 Å². The number of anilines is 1. The zero-order valence-electron chi connectivity index (χ0n) is 17.7. The van der Waals surface area contributed by atoms with E-state index in [1.807, 2.05) is 6.92 Å². The van der Waals surface area contributed by atoms with Crippen LogP contribution in [0.25, 0.3) is 16.7 Å². The van der Waals surface area contributed by atoms with Crippen LogP contribution in [0.3, 0.4) is 0 Å².